The predicted molar refractivity (Wildman–Crippen MR) is 103 cm³/mol. The number of anilines is 1. The number of benzene rings is 2. The van der Waals surface area contributed by atoms with Crippen molar-refractivity contribution in [2.75, 3.05) is 18.4 Å². The summed E-state index contributed by atoms with van der Waals surface area (Å²) in [5, 5.41) is 13.8. The van der Waals surface area contributed by atoms with Crippen LogP contribution in [-0.4, -0.2) is 40.1 Å². The van der Waals surface area contributed by atoms with Crippen molar-refractivity contribution in [2.24, 2.45) is 0 Å². The number of aliphatic hydroxyl groups excluding tert-OH is 1. The van der Waals surface area contributed by atoms with Crippen LogP contribution in [0.4, 0.5) is 5.69 Å². The van der Waals surface area contributed by atoms with E-state index in [0.29, 0.717) is 5.56 Å². The fourth-order valence-corrected chi connectivity index (χ4v) is 3.48. The number of nitrogens with one attached hydrogen (secondary N) is 2. The van der Waals surface area contributed by atoms with Gasteiger partial charge < -0.3 is 15.4 Å². The van der Waals surface area contributed by atoms with Gasteiger partial charge in [-0.25, -0.2) is 0 Å². The van der Waals surface area contributed by atoms with Gasteiger partial charge in [-0.05, 0) is 48.1 Å². The monoisotopic (exact) mass is 349 g/mol. The van der Waals surface area contributed by atoms with Crippen molar-refractivity contribution in [1.82, 2.24) is 9.88 Å². The number of likely N-dealkylation sites (tertiary alicyclic amines) is 1. The second-order valence-corrected chi connectivity index (χ2v) is 6.90. The van der Waals surface area contributed by atoms with E-state index in [1.54, 1.807) is 0 Å². The SMILES string of the molecule is O=C(Nc1ccccc1CN1CCC(O)CC1)c1ccc2cc[nH]c2c1. The smallest absolute Gasteiger partial charge is 0.255 e. The van der Waals surface area contributed by atoms with E-state index < -0.39 is 0 Å². The first-order chi connectivity index (χ1) is 12.7. The van der Waals surface area contributed by atoms with E-state index in [1.807, 2.05) is 48.7 Å². The van der Waals surface area contributed by atoms with Gasteiger partial charge in [0.1, 0.15) is 0 Å². The molecular weight excluding hydrogens is 326 g/mol. The number of carbonyl (C=O) groups excluding carboxylic acids is 1. The molecule has 1 aliphatic heterocycles. The number of rotatable bonds is 4. The van der Waals surface area contributed by atoms with E-state index >= 15 is 0 Å². The number of piperidine rings is 1. The summed E-state index contributed by atoms with van der Waals surface area (Å²) in [7, 11) is 0. The van der Waals surface area contributed by atoms with Crippen LogP contribution in [0.2, 0.25) is 0 Å². The molecule has 1 saturated heterocycles. The number of hydrogen-bond acceptors (Lipinski definition) is 3. The van der Waals surface area contributed by atoms with Crippen molar-refractivity contribution in [3.63, 3.8) is 0 Å². The van der Waals surface area contributed by atoms with E-state index in [-0.39, 0.29) is 12.0 Å². The molecule has 4 rings (SSSR count). The van der Waals surface area contributed by atoms with Crippen LogP contribution in [0.15, 0.2) is 54.7 Å². The third-order valence-electron chi connectivity index (χ3n) is 5.03. The molecule has 0 saturated carbocycles. The first-order valence-corrected chi connectivity index (χ1v) is 9.06. The lowest BCUT2D eigenvalue weighted by Crippen LogP contribution is -2.35. The number of para-hydroxylation sites is 1. The van der Waals surface area contributed by atoms with Gasteiger partial charge >= 0.3 is 0 Å². The quantitative estimate of drug-likeness (QED) is 0.676. The highest BCUT2D eigenvalue weighted by Crippen LogP contribution is 2.21. The molecule has 0 radical (unpaired) electrons. The lowest BCUT2D eigenvalue weighted by molar-refractivity contribution is 0.0793. The highest BCUT2D eigenvalue weighted by Gasteiger charge is 2.18. The van der Waals surface area contributed by atoms with Gasteiger partial charge in [-0.1, -0.05) is 24.3 Å². The van der Waals surface area contributed by atoms with E-state index in [0.717, 1.165) is 54.6 Å². The summed E-state index contributed by atoms with van der Waals surface area (Å²) in [4.78, 5) is 18.2. The van der Waals surface area contributed by atoms with Gasteiger partial charge in [-0.2, -0.15) is 0 Å². The van der Waals surface area contributed by atoms with Crippen molar-refractivity contribution < 1.29 is 9.90 Å². The standard InChI is InChI=1S/C21H23N3O2/c25-18-8-11-24(12-9-18)14-17-3-1-2-4-19(17)23-21(26)16-6-5-15-7-10-22-20(15)13-16/h1-7,10,13,18,22,25H,8-9,11-12,14H2,(H,23,26). The van der Waals surface area contributed by atoms with Gasteiger partial charge in [0.2, 0.25) is 0 Å². The Labute approximate surface area is 152 Å². The molecule has 0 unspecified atom stereocenters. The Morgan fingerprint density at radius 1 is 1.15 bits per heavy atom. The molecule has 1 aliphatic rings. The van der Waals surface area contributed by atoms with Crippen LogP contribution < -0.4 is 5.32 Å². The molecule has 1 aromatic heterocycles. The third-order valence-corrected chi connectivity index (χ3v) is 5.03. The number of hydrogen-bond donors (Lipinski definition) is 3. The van der Waals surface area contributed by atoms with Crippen LogP contribution in [-0.2, 0) is 6.54 Å². The number of aromatic amines is 1. The second-order valence-electron chi connectivity index (χ2n) is 6.90. The Kier molecular flexibility index (Phi) is 4.73. The maximum Gasteiger partial charge on any atom is 0.255 e. The fourth-order valence-electron chi connectivity index (χ4n) is 3.48. The molecule has 0 spiro atoms. The van der Waals surface area contributed by atoms with Crippen molar-refractivity contribution in [1.29, 1.82) is 0 Å². The number of aromatic nitrogens is 1. The molecule has 0 bridgehead atoms. The Hall–Kier alpha value is -2.63. The summed E-state index contributed by atoms with van der Waals surface area (Å²) in [6.07, 6.45) is 3.32. The molecule has 0 aliphatic carbocycles. The van der Waals surface area contributed by atoms with Gasteiger partial charge in [0, 0.05) is 42.6 Å². The second kappa shape index (κ2) is 7.32. The summed E-state index contributed by atoms with van der Waals surface area (Å²) >= 11 is 0. The minimum absolute atomic E-state index is 0.108. The van der Waals surface area contributed by atoms with Crippen LogP contribution in [0, 0.1) is 0 Å². The molecule has 1 fully saturated rings. The van der Waals surface area contributed by atoms with Gasteiger partial charge in [0.25, 0.3) is 5.91 Å². The first kappa shape index (κ1) is 16.8. The van der Waals surface area contributed by atoms with E-state index in [4.69, 9.17) is 0 Å². The minimum atomic E-state index is -0.177. The molecule has 134 valence electrons. The zero-order valence-electron chi connectivity index (χ0n) is 14.6. The Bertz CT molecular complexity index is 910. The molecule has 0 atom stereocenters. The molecule has 26 heavy (non-hydrogen) atoms. The van der Waals surface area contributed by atoms with Crippen molar-refractivity contribution >= 4 is 22.5 Å². The number of aliphatic hydroxyl groups is 1. The summed E-state index contributed by atoms with van der Waals surface area (Å²) in [5.41, 5.74) is 3.53. The van der Waals surface area contributed by atoms with E-state index in [1.165, 1.54) is 0 Å². The lowest BCUT2D eigenvalue weighted by Gasteiger charge is -2.30. The number of H-pyrrole nitrogens is 1. The summed E-state index contributed by atoms with van der Waals surface area (Å²) < 4.78 is 0. The van der Waals surface area contributed by atoms with Crippen LogP contribution in [0.25, 0.3) is 10.9 Å². The maximum atomic E-state index is 12.7. The van der Waals surface area contributed by atoms with Crippen LogP contribution in [0.5, 0.6) is 0 Å². The Morgan fingerprint density at radius 3 is 2.81 bits per heavy atom. The number of carbonyl (C=O) groups is 1. The molecular formula is C21H23N3O2. The fraction of sp³-hybridized carbons (Fsp3) is 0.286. The summed E-state index contributed by atoms with van der Waals surface area (Å²) in [6.45, 7) is 2.54. The number of amides is 1. The van der Waals surface area contributed by atoms with Crippen molar-refractivity contribution in [3.8, 4) is 0 Å². The minimum Gasteiger partial charge on any atom is -0.393 e. The third kappa shape index (κ3) is 3.64. The average molecular weight is 349 g/mol. The van der Waals surface area contributed by atoms with E-state index in [2.05, 4.69) is 21.3 Å². The molecule has 3 aromatic rings. The zero-order valence-corrected chi connectivity index (χ0v) is 14.6. The molecule has 5 heteroatoms. The van der Waals surface area contributed by atoms with Crippen LogP contribution in [0.1, 0.15) is 28.8 Å². The highest BCUT2D eigenvalue weighted by atomic mass is 16.3. The van der Waals surface area contributed by atoms with Gasteiger partial charge in [0.05, 0.1) is 6.10 Å². The van der Waals surface area contributed by atoms with Crippen molar-refractivity contribution in [2.45, 2.75) is 25.5 Å². The molecule has 2 aromatic carbocycles. The topological polar surface area (TPSA) is 68.4 Å². The molecule has 2 heterocycles. The zero-order chi connectivity index (χ0) is 17.9. The van der Waals surface area contributed by atoms with Gasteiger partial charge in [-0.15, -0.1) is 0 Å². The number of nitrogens with zero attached hydrogens (tertiary/aromatic N) is 1. The van der Waals surface area contributed by atoms with Crippen LogP contribution in [0.3, 0.4) is 0 Å². The van der Waals surface area contributed by atoms with Crippen molar-refractivity contribution in [3.05, 3.63) is 65.9 Å². The maximum absolute atomic E-state index is 12.7. The Morgan fingerprint density at radius 2 is 1.96 bits per heavy atom. The number of fused-ring (bicyclic) bond motifs is 1. The highest BCUT2D eigenvalue weighted by molar-refractivity contribution is 6.06. The van der Waals surface area contributed by atoms with Gasteiger partial charge in [0.15, 0.2) is 0 Å². The first-order valence-electron chi connectivity index (χ1n) is 9.06. The summed E-state index contributed by atoms with van der Waals surface area (Å²) in [6, 6.07) is 15.6. The summed E-state index contributed by atoms with van der Waals surface area (Å²) in [5.74, 6) is -0.108. The molecule has 3 N–H and O–H groups in total. The predicted octanol–water partition coefficient (Wildman–Crippen LogP) is 3.38. The lowest BCUT2D eigenvalue weighted by atomic mass is 10.1. The normalized spacial score (nSPS) is 16.0. The Balaban J connectivity index is 1.49. The molecule has 1 amide bonds. The molecule has 5 nitrogen and oxygen atoms in total. The van der Waals surface area contributed by atoms with E-state index in [9.17, 15) is 9.90 Å². The average Bonchev–Trinajstić information content (AvgIpc) is 3.13. The van der Waals surface area contributed by atoms with Gasteiger partial charge in [-0.3, -0.25) is 9.69 Å². The van der Waals surface area contributed by atoms with Crippen LogP contribution >= 0.6 is 0 Å². The largest absolute Gasteiger partial charge is 0.393 e.